The summed E-state index contributed by atoms with van der Waals surface area (Å²) < 4.78 is 0. The van der Waals surface area contributed by atoms with Crippen LogP contribution in [0.5, 0.6) is 0 Å². The van der Waals surface area contributed by atoms with Gasteiger partial charge in [0.05, 0.1) is 17.6 Å². The molecule has 1 N–H and O–H groups in total. The molecule has 0 aromatic heterocycles. The predicted octanol–water partition coefficient (Wildman–Crippen LogP) is 3.62. The summed E-state index contributed by atoms with van der Waals surface area (Å²) in [4.78, 5) is 11.5. The number of carboxylic acids is 1. The van der Waals surface area contributed by atoms with Gasteiger partial charge in [-0.15, -0.1) is 0 Å². The van der Waals surface area contributed by atoms with E-state index in [1.807, 2.05) is 12.1 Å². The van der Waals surface area contributed by atoms with E-state index in [0.717, 1.165) is 5.56 Å². The fourth-order valence-electron chi connectivity index (χ4n) is 2.09. The summed E-state index contributed by atoms with van der Waals surface area (Å²) in [6, 6.07) is 15.9. The lowest BCUT2D eigenvalue weighted by molar-refractivity contribution is -0.138. The normalized spacial score (nSPS) is 11.6. The Kier molecular flexibility index (Phi) is 4.39. The van der Waals surface area contributed by atoms with Crippen LogP contribution in [0.3, 0.4) is 0 Å². The van der Waals surface area contributed by atoms with Gasteiger partial charge in [0.1, 0.15) is 0 Å². The number of nitrogens with zero attached hydrogens (tertiary/aromatic N) is 1. The average Bonchev–Trinajstić information content (AvgIpc) is 2.45. The largest absolute Gasteiger partial charge is 0.481 e. The van der Waals surface area contributed by atoms with Crippen molar-refractivity contribution in [1.82, 2.24) is 0 Å². The van der Waals surface area contributed by atoms with Gasteiger partial charge in [-0.2, -0.15) is 5.26 Å². The van der Waals surface area contributed by atoms with Crippen molar-refractivity contribution in [2.75, 3.05) is 0 Å². The Balaban J connectivity index is 2.34. The number of nitriles is 1. The molecule has 2 aromatic rings. The van der Waals surface area contributed by atoms with Gasteiger partial charge in [-0.1, -0.05) is 41.9 Å². The molecule has 20 heavy (non-hydrogen) atoms. The minimum absolute atomic E-state index is 0.300. The molecule has 2 rings (SSSR count). The number of halogens is 1. The first-order chi connectivity index (χ1) is 9.61. The van der Waals surface area contributed by atoms with Crippen molar-refractivity contribution >= 4 is 17.6 Å². The van der Waals surface area contributed by atoms with Crippen molar-refractivity contribution in [3.05, 3.63) is 70.2 Å². The number of carbonyl (C=O) groups is 1. The molecule has 0 spiro atoms. The van der Waals surface area contributed by atoms with Crippen molar-refractivity contribution in [1.29, 1.82) is 5.26 Å². The lowest BCUT2D eigenvalue weighted by Gasteiger charge is -2.14. The monoisotopic (exact) mass is 285 g/mol. The van der Waals surface area contributed by atoms with Gasteiger partial charge >= 0.3 is 5.97 Å². The van der Waals surface area contributed by atoms with Crippen molar-refractivity contribution in [3.8, 4) is 6.07 Å². The Bertz CT molecular complexity index is 676. The van der Waals surface area contributed by atoms with Crippen LogP contribution in [0, 0.1) is 11.3 Å². The number of rotatable bonds is 4. The van der Waals surface area contributed by atoms with Crippen molar-refractivity contribution in [2.45, 2.75) is 12.3 Å². The summed E-state index contributed by atoms with van der Waals surface area (Å²) in [7, 11) is 0. The zero-order chi connectivity index (χ0) is 14.5. The smallest absolute Gasteiger partial charge is 0.311 e. The summed E-state index contributed by atoms with van der Waals surface area (Å²) in [6.45, 7) is 0. The van der Waals surface area contributed by atoms with Crippen LogP contribution in [0.25, 0.3) is 0 Å². The van der Waals surface area contributed by atoms with Gasteiger partial charge in [-0.05, 0) is 35.7 Å². The van der Waals surface area contributed by atoms with Crippen LogP contribution in [-0.4, -0.2) is 11.1 Å². The maximum Gasteiger partial charge on any atom is 0.311 e. The van der Waals surface area contributed by atoms with Gasteiger partial charge < -0.3 is 5.11 Å². The Morgan fingerprint density at radius 2 is 2.00 bits per heavy atom. The van der Waals surface area contributed by atoms with Gasteiger partial charge in [-0.25, -0.2) is 0 Å². The van der Waals surface area contributed by atoms with E-state index in [-0.39, 0.29) is 0 Å². The number of aliphatic carboxylic acids is 1. The average molecular weight is 286 g/mol. The number of benzene rings is 2. The molecule has 0 saturated carbocycles. The van der Waals surface area contributed by atoms with Gasteiger partial charge in [-0.3, -0.25) is 4.79 Å². The molecule has 0 amide bonds. The maximum atomic E-state index is 11.5. The van der Waals surface area contributed by atoms with Gasteiger partial charge in [0.15, 0.2) is 0 Å². The standard InChI is InChI=1S/C16H12ClNO2/c17-15-7-2-1-6-13(15)14(16(19)20)9-11-4-3-5-12(8-11)10-18/h1-8,14H,9H2,(H,19,20). The summed E-state index contributed by atoms with van der Waals surface area (Å²) in [5.41, 5.74) is 1.91. The first-order valence-corrected chi connectivity index (χ1v) is 6.46. The van der Waals surface area contributed by atoms with E-state index in [2.05, 4.69) is 0 Å². The summed E-state index contributed by atoms with van der Waals surface area (Å²) >= 11 is 6.07. The van der Waals surface area contributed by atoms with Crippen LogP contribution in [0.15, 0.2) is 48.5 Å². The van der Waals surface area contributed by atoms with E-state index in [0.29, 0.717) is 22.6 Å². The second-order valence-corrected chi connectivity index (χ2v) is 4.84. The third-order valence-electron chi connectivity index (χ3n) is 3.07. The van der Waals surface area contributed by atoms with Crippen molar-refractivity contribution < 1.29 is 9.90 Å². The number of hydrogen-bond donors (Lipinski definition) is 1. The first kappa shape index (κ1) is 14.1. The lowest BCUT2D eigenvalue weighted by Crippen LogP contribution is -2.15. The van der Waals surface area contributed by atoms with Crippen LogP contribution in [0.1, 0.15) is 22.6 Å². The van der Waals surface area contributed by atoms with E-state index >= 15 is 0 Å². The van der Waals surface area contributed by atoms with E-state index in [4.69, 9.17) is 16.9 Å². The SMILES string of the molecule is N#Cc1cccc(CC(C(=O)O)c2ccccc2Cl)c1. The third kappa shape index (κ3) is 3.17. The molecule has 3 nitrogen and oxygen atoms in total. The molecule has 0 aliphatic carbocycles. The van der Waals surface area contributed by atoms with Crippen LogP contribution < -0.4 is 0 Å². The summed E-state index contributed by atoms with van der Waals surface area (Å²) in [5, 5.41) is 18.7. The highest BCUT2D eigenvalue weighted by molar-refractivity contribution is 6.31. The minimum atomic E-state index is -0.930. The molecule has 2 aromatic carbocycles. The van der Waals surface area contributed by atoms with E-state index < -0.39 is 11.9 Å². The van der Waals surface area contributed by atoms with Crippen LogP contribution in [0.4, 0.5) is 0 Å². The first-order valence-electron chi connectivity index (χ1n) is 6.08. The fourth-order valence-corrected chi connectivity index (χ4v) is 2.36. The lowest BCUT2D eigenvalue weighted by atomic mass is 9.91. The summed E-state index contributed by atoms with van der Waals surface area (Å²) in [6.07, 6.45) is 0.300. The fraction of sp³-hybridized carbons (Fsp3) is 0.125. The molecule has 0 saturated heterocycles. The van der Waals surface area contributed by atoms with E-state index in [1.54, 1.807) is 42.5 Å². The van der Waals surface area contributed by atoms with Crippen molar-refractivity contribution in [3.63, 3.8) is 0 Å². The molecule has 100 valence electrons. The Hall–Kier alpha value is -2.31. The molecule has 0 radical (unpaired) electrons. The van der Waals surface area contributed by atoms with Gasteiger partial charge in [0.25, 0.3) is 0 Å². The molecule has 0 aliphatic heterocycles. The highest BCUT2D eigenvalue weighted by Crippen LogP contribution is 2.28. The van der Waals surface area contributed by atoms with Crippen LogP contribution >= 0.6 is 11.6 Å². The quantitative estimate of drug-likeness (QED) is 0.933. The summed E-state index contributed by atoms with van der Waals surface area (Å²) in [5.74, 6) is -1.65. The molecule has 0 aliphatic rings. The number of carboxylic acid groups (broad SMARTS) is 1. The van der Waals surface area contributed by atoms with Crippen molar-refractivity contribution in [2.24, 2.45) is 0 Å². The zero-order valence-electron chi connectivity index (χ0n) is 10.6. The minimum Gasteiger partial charge on any atom is -0.481 e. The molecule has 0 bridgehead atoms. The van der Waals surface area contributed by atoms with Gasteiger partial charge in [0, 0.05) is 5.02 Å². The Labute approximate surface area is 122 Å². The molecular weight excluding hydrogens is 274 g/mol. The highest BCUT2D eigenvalue weighted by atomic mass is 35.5. The van der Waals surface area contributed by atoms with E-state index in [1.165, 1.54) is 0 Å². The molecule has 4 heteroatoms. The maximum absolute atomic E-state index is 11.5. The number of hydrogen-bond acceptors (Lipinski definition) is 2. The van der Waals surface area contributed by atoms with Crippen LogP contribution in [0.2, 0.25) is 5.02 Å². The molecule has 1 atom stereocenters. The molecule has 0 heterocycles. The Morgan fingerprint density at radius 1 is 1.25 bits per heavy atom. The zero-order valence-corrected chi connectivity index (χ0v) is 11.3. The van der Waals surface area contributed by atoms with E-state index in [9.17, 15) is 9.90 Å². The molecular formula is C16H12ClNO2. The van der Waals surface area contributed by atoms with Gasteiger partial charge in [0.2, 0.25) is 0 Å². The molecule has 1 unspecified atom stereocenters. The highest BCUT2D eigenvalue weighted by Gasteiger charge is 2.22. The second-order valence-electron chi connectivity index (χ2n) is 4.43. The topological polar surface area (TPSA) is 61.1 Å². The second kappa shape index (κ2) is 6.23. The Morgan fingerprint density at radius 3 is 2.65 bits per heavy atom. The third-order valence-corrected chi connectivity index (χ3v) is 3.42. The predicted molar refractivity (Wildman–Crippen MR) is 76.7 cm³/mol. The van der Waals surface area contributed by atoms with Crippen LogP contribution in [-0.2, 0) is 11.2 Å². The molecule has 0 fully saturated rings.